The molecule has 0 spiro atoms. The van der Waals surface area contributed by atoms with Gasteiger partial charge in [-0.25, -0.2) is 0 Å². The van der Waals surface area contributed by atoms with Gasteiger partial charge in [-0.3, -0.25) is 4.90 Å². The largest absolute Gasteiger partial charge is 0.313 e. The molecule has 2 aliphatic rings. The number of nitrogens with one attached hydrogen (secondary N) is 1. The molecule has 0 bridgehead atoms. The third kappa shape index (κ3) is 1.42. The van der Waals surface area contributed by atoms with E-state index >= 15 is 0 Å². The highest BCUT2D eigenvalue weighted by Crippen LogP contribution is 2.19. The van der Waals surface area contributed by atoms with Gasteiger partial charge in [-0.05, 0) is 45.8 Å². The van der Waals surface area contributed by atoms with Gasteiger partial charge in [-0.1, -0.05) is 0 Å². The van der Waals surface area contributed by atoms with Crippen LogP contribution in [-0.4, -0.2) is 36.6 Å². The summed E-state index contributed by atoms with van der Waals surface area (Å²) < 4.78 is 0. The Hall–Kier alpha value is -0.0800. The molecule has 2 fully saturated rings. The van der Waals surface area contributed by atoms with Crippen LogP contribution in [0.3, 0.4) is 0 Å². The molecule has 2 unspecified atom stereocenters. The van der Waals surface area contributed by atoms with Gasteiger partial charge in [-0.2, -0.15) is 0 Å². The van der Waals surface area contributed by atoms with E-state index in [1.807, 2.05) is 0 Å². The monoisotopic (exact) mass is 154 g/mol. The van der Waals surface area contributed by atoms with Crippen molar-refractivity contribution in [1.29, 1.82) is 0 Å². The fourth-order valence-corrected chi connectivity index (χ4v) is 2.42. The minimum Gasteiger partial charge on any atom is -0.313 e. The normalized spacial score (nSPS) is 40.1. The summed E-state index contributed by atoms with van der Waals surface area (Å²) in [5.41, 5.74) is 0. The van der Waals surface area contributed by atoms with Crippen LogP contribution in [0.2, 0.25) is 0 Å². The van der Waals surface area contributed by atoms with Crippen LogP contribution in [0.25, 0.3) is 0 Å². The molecule has 0 radical (unpaired) electrons. The molecule has 2 rings (SSSR count). The smallest absolute Gasteiger partial charge is 0.0258 e. The van der Waals surface area contributed by atoms with Gasteiger partial charge in [0.25, 0.3) is 0 Å². The first-order valence-corrected chi connectivity index (χ1v) is 4.85. The lowest BCUT2D eigenvalue weighted by Gasteiger charge is -2.26. The summed E-state index contributed by atoms with van der Waals surface area (Å²) >= 11 is 0. The molecule has 0 aromatic heterocycles. The molecule has 2 nitrogen and oxygen atoms in total. The molecule has 1 N–H and O–H groups in total. The molecule has 2 aliphatic heterocycles. The highest BCUT2D eigenvalue weighted by Gasteiger charge is 2.29. The van der Waals surface area contributed by atoms with E-state index in [9.17, 15) is 0 Å². The first-order chi connectivity index (χ1) is 5.38. The number of hydrogen-bond donors (Lipinski definition) is 1. The summed E-state index contributed by atoms with van der Waals surface area (Å²) in [5.74, 6) is 0. The molecule has 0 aromatic rings. The molecule has 0 aliphatic carbocycles. The maximum atomic E-state index is 3.50. The lowest BCUT2D eigenvalue weighted by molar-refractivity contribution is 0.229. The summed E-state index contributed by atoms with van der Waals surface area (Å²) in [7, 11) is 0. The quantitative estimate of drug-likeness (QED) is 0.602. The van der Waals surface area contributed by atoms with E-state index in [-0.39, 0.29) is 0 Å². The van der Waals surface area contributed by atoms with Gasteiger partial charge in [0.1, 0.15) is 0 Å². The Bertz CT molecular complexity index is 130. The van der Waals surface area contributed by atoms with Crippen LogP contribution in [0.15, 0.2) is 0 Å². The van der Waals surface area contributed by atoms with Gasteiger partial charge in [0.05, 0.1) is 0 Å². The summed E-state index contributed by atoms with van der Waals surface area (Å²) in [6, 6.07) is 1.57. The van der Waals surface area contributed by atoms with Gasteiger partial charge < -0.3 is 5.32 Å². The Morgan fingerprint density at radius 3 is 2.55 bits per heavy atom. The van der Waals surface area contributed by atoms with Crippen molar-refractivity contribution in [2.45, 2.75) is 38.3 Å². The van der Waals surface area contributed by atoms with Crippen molar-refractivity contribution in [3.05, 3.63) is 0 Å². The SMILES string of the molecule is CC1NCCC1N1CCCC1. The number of nitrogens with zero attached hydrogens (tertiary/aromatic N) is 1. The van der Waals surface area contributed by atoms with Gasteiger partial charge >= 0.3 is 0 Å². The second-order valence-electron chi connectivity index (χ2n) is 3.84. The van der Waals surface area contributed by atoms with Gasteiger partial charge in [0, 0.05) is 12.1 Å². The lowest BCUT2D eigenvalue weighted by Crippen LogP contribution is -2.40. The van der Waals surface area contributed by atoms with Crippen LogP contribution in [-0.2, 0) is 0 Å². The molecular weight excluding hydrogens is 136 g/mol. The predicted octanol–water partition coefficient (Wildman–Crippen LogP) is 0.833. The average Bonchev–Trinajstić information content (AvgIpc) is 2.55. The zero-order valence-electron chi connectivity index (χ0n) is 7.34. The van der Waals surface area contributed by atoms with E-state index in [1.54, 1.807) is 0 Å². The Morgan fingerprint density at radius 2 is 2.00 bits per heavy atom. The van der Waals surface area contributed by atoms with Crippen molar-refractivity contribution in [1.82, 2.24) is 10.2 Å². The van der Waals surface area contributed by atoms with Gasteiger partial charge in [-0.15, -0.1) is 0 Å². The molecule has 2 heterocycles. The van der Waals surface area contributed by atoms with Crippen molar-refractivity contribution in [2.75, 3.05) is 19.6 Å². The van der Waals surface area contributed by atoms with Crippen LogP contribution in [0.1, 0.15) is 26.2 Å². The van der Waals surface area contributed by atoms with Crippen LogP contribution in [0.4, 0.5) is 0 Å². The Labute approximate surface area is 69.0 Å². The van der Waals surface area contributed by atoms with E-state index in [1.165, 1.54) is 38.9 Å². The Morgan fingerprint density at radius 1 is 1.27 bits per heavy atom. The summed E-state index contributed by atoms with van der Waals surface area (Å²) in [6.45, 7) is 6.23. The van der Waals surface area contributed by atoms with Gasteiger partial charge in [0.15, 0.2) is 0 Å². The van der Waals surface area contributed by atoms with Crippen LogP contribution in [0, 0.1) is 0 Å². The topological polar surface area (TPSA) is 15.3 Å². The van der Waals surface area contributed by atoms with Gasteiger partial charge in [0.2, 0.25) is 0 Å². The third-order valence-corrected chi connectivity index (χ3v) is 3.09. The minimum atomic E-state index is 0.730. The predicted molar refractivity (Wildman–Crippen MR) is 46.7 cm³/mol. The number of rotatable bonds is 1. The van der Waals surface area contributed by atoms with Crippen LogP contribution < -0.4 is 5.32 Å². The number of likely N-dealkylation sites (tertiary alicyclic amines) is 1. The maximum absolute atomic E-state index is 3.50. The molecule has 0 aromatic carbocycles. The van der Waals surface area contributed by atoms with E-state index < -0.39 is 0 Å². The fourth-order valence-electron chi connectivity index (χ4n) is 2.42. The molecule has 2 atom stereocenters. The highest BCUT2D eigenvalue weighted by atomic mass is 15.2. The Kier molecular flexibility index (Phi) is 2.14. The molecule has 0 saturated carbocycles. The van der Waals surface area contributed by atoms with Crippen LogP contribution in [0.5, 0.6) is 0 Å². The summed E-state index contributed by atoms with van der Waals surface area (Å²) in [6.07, 6.45) is 4.20. The molecule has 0 amide bonds. The second-order valence-corrected chi connectivity index (χ2v) is 3.84. The van der Waals surface area contributed by atoms with E-state index in [0.717, 1.165) is 12.1 Å². The first-order valence-electron chi connectivity index (χ1n) is 4.85. The van der Waals surface area contributed by atoms with E-state index in [0.29, 0.717) is 0 Å². The minimum absolute atomic E-state index is 0.730. The highest BCUT2D eigenvalue weighted by molar-refractivity contribution is 4.89. The summed E-state index contributed by atoms with van der Waals surface area (Å²) in [4.78, 5) is 2.66. The van der Waals surface area contributed by atoms with Crippen molar-refractivity contribution >= 4 is 0 Å². The molecule has 11 heavy (non-hydrogen) atoms. The van der Waals surface area contributed by atoms with E-state index in [2.05, 4.69) is 17.1 Å². The standard InChI is InChI=1S/C9H18N2/c1-8-9(4-5-10-8)11-6-2-3-7-11/h8-10H,2-7H2,1H3. The zero-order valence-corrected chi connectivity index (χ0v) is 7.34. The molecule has 2 saturated heterocycles. The van der Waals surface area contributed by atoms with E-state index in [4.69, 9.17) is 0 Å². The van der Waals surface area contributed by atoms with Crippen molar-refractivity contribution < 1.29 is 0 Å². The fraction of sp³-hybridized carbons (Fsp3) is 1.00. The third-order valence-electron chi connectivity index (χ3n) is 3.09. The van der Waals surface area contributed by atoms with Crippen molar-refractivity contribution in [2.24, 2.45) is 0 Å². The molecular formula is C9H18N2. The van der Waals surface area contributed by atoms with Crippen molar-refractivity contribution in [3.8, 4) is 0 Å². The average molecular weight is 154 g/mol. The first kappa shape index (κ1) is 7.56. The van der Waals surface area contributed by atoms with Crippen LogP contribution >= 0.6 is 0 Å². The summed E-state index contributed by atoms with van der Waals surface area (Å²) in [5, 5.41) is 3.50. The molecule has 64 valence electrons. The zero-order chi connectivity index (χ0) is 7.68. The second kappa shape index (κ2) is 3.11. The Balaban J connectivity index is 1.92. The molecule has 2 heteroatoms. The number of hydrogen-bond acceptors (Lipinski definition) is 2. The maximum Gasteiger partial charge on any atom is 0.0258 e. The lowest BCUT2D eigenvalue weighted by atomic mass is 10.1. The van der Waals surface area contributed by atoms with Crippen molar-refractivity contribution in [3.63, 3.8) is 0 Å².